The maximum Gasteiger partial charge on any atom is 0.343 e. The number of amides is 1. The average molecular weight is 324 g/mol. The van der Waals surface area contributed by atoms with Gasteiger partial charge in [0.25, 0.3) is 5.91 Å². The minimum Gasteiger partial charge on any atom is -0.465 e. The van der Waals surface area contributed by atoms with Crippen LogP contribution in [-0.4, -0.2) is 62.3 Å². The van der Waals surface area contributed by atoms with Crippen LogP contribution in [0.1, 0.15) is 21.6 Å². The summed E-state index contributed by atoms with van der Waals surface area (Å²) in [5.74, 6) is -0.950. The molecule has 2 rings (SSSR count). The van der Waals surface area contributed by atoms with Crippen LogP contribution in [0.25, 0.3) is 0 Å². The van der Waals surface area contributed by atoms with E-state index in [1.807, 2.05) is 0 Å². The van der Waals surface area contributed by atoms with Gasteiger partial charge in [0.2, 0.25) is 5.43 Å². The Morgan fingerprint density at radius 1 is 1.35 bits per heavy atom. The van der Waals surface area contributed by atoms with E-state index >= 15 is 0 Å². The third kappa shape index (κ3) is 3.43. The Morgan fingerprint density at radius 2 is 2.09 bits per heavy atom. The molecular weight excluding hydrogens is 304 g/mol. The number of fused-ring (bicyclic) bond motifs is 1. The molecule has 8 heteroatoms. The largest absolute Gasteiger partial charge is 0.465 e. The molecule has 1 unspecified atom stereocenters. The van der Waals surface area contributed by atoms with E-state index < -0.39 is 17.5 Å². The molecule has 1 aliphatic heterocycles. The van der Waals surface area contributed by atoms with Gasteiger partial charge in [-0.3, -0.25) is 9.59 Å². The average Bonchev–Trinajstić information content (AvgIpc) is 2.58. The number of hydrogen-bond acceptors (Lipinski definition) is 6. The van der Waals surface area contributed by atoms with E-state index in [1.54, 1.807) is 0 Å². The summed E-state index contributed by atoms with van der Waals surface area (Å²) in [6.45, 7) is 0.720. The molecule has 1 aromatic heterocycles. The van der Waals surface area contributed by atoms with Gasteiger partial charge in [-0.25, -0.2) is 4.79 Å². The highest BCUT2D eigenvalue weighted by Crippen LogP contribution is 2.16. The number of carbonyl (C=O) groups excluding carboxylic acids is 2. The van der Waals surface area contributed by atoms with Gasteiger partial charge in [0.05, 0.1) is 20.3 Å². The van der Waals surface area contributed by atoms with Crippen LogP contribution in [0.2, 0.25) is 0 Å². The molecule has 0 spiro atoms. The first-order valence-electron chi connectivity index (χ1n) is 7.15. The van der Waals surface area contributed by atoms with Crippen molar-refractivity contribution in [2.24, 2.45) is 0 Å². The van der Waals surface area contributed by atoms with Crippen molar-refractivity contribution in [3.8, 4) is 0 Å². The monoisotopic (exact) mass is 324 g/mol. The first-order valence-corrected chi connectivity index (χ1v) is 7.15. The highest BCUT2D eigenvalue weighted by molar-refractivity contribution is 5.89. The lowest BCUT2D eigenvalue weighted by Crippen LogP contribution is -2.46. The molecular formula is C15H20N2O6. The van der Waals surface area contributed by atoms with Crippen molar-refractivity contribution in [3.63, 3.8) is 0 Å². The van der Waals surface area contributed by atoms with E-state index in [2.05, 4.69) is 9.72 Å². The predicted octanol–water partition coefficient (Wildman–Crippen LogP) is -0.292. The molecule has 0 radical (unpaired) electrons. The normalized spacial score (nSPS) is 15.0. The first kappa shape index (κ1) is 17.2. The number of aromatic amines is 1. The topological polar surface area (TPSA) is 97.9 Å². The molecule has 0 saturated carbocycles. The van der Waals surface area contributed by atoms with Crippen LogP contribution in [0.4, 0.5) is 0 Å². The van der Waals surface area contributed by atoms with Crippen LogP contribution in [0, 0.1) is 0 Å². The molecule has 8 nitrogen and oxygen atoms in total. The van der Waals surface area contributed by atoms with Crippen molar-refractivity contribution < 1.29 is 23.8 Å². The van der Waals surface area contributed by atoms with Gasteiger partial charge in [0, 0.05) is 44.6 Å². The molecule has 1 amide bonds. The molecule has 1 aromatic rings. The quantitative estimate of drug-likeness (QED) is 0.747. The summed E-state index contributed by atoms with van der Waals surface area (Å²) in [6, 6.07) is 0. The summed E-state index contributed by atoms with van der Waals surface area (Å²) in [7, 11) is 4.13. The maximum absolute atomic E-state index is 12.4. The summed E-state index contributed by atoms with van der Waals surface area (Å²) in [6.07, 6.45) is 1.14. The lowest BCUT2D eigenvalue weighted by molar-refractivity contribution is -0.146. The fourth-order valence-electron chi connectivity index (χ4n) is 2.56. The number of nitrogens with one attached hydrogen (secondary N) is 1. The number of pyridine rings is 1. The number of ether oxygens (including phenoxy) is 3. The van der Waals surface area contributed by atoms with Gasteiger partial charge in [-0.05, 0) is 0 Å². The molecule has 1 N–H and O–H groups in total. The van der Waals surface area contributed by atoms with E-state index in [0.717, 1.165) is 5.69 Å². The van der Waals surface area contributed by atoms with Crippen molar-refractivity contribution in [3.05, 3.63) is 33.2 Å². The SMILES string of the molecule is COCC(OC)C(=O)N1CCc2[nH]cc(C(=O)OC)c(=O)c2C1. The zero-order valence-corrected chi connectivity index (χ0v) is 13.4. The van der Waals surface area contributed by atoms with Gasteiger partial charge in [-0.15, -0.1) is 0 Å². The number of nitrogens with zero attached hydrogens (tertiary/aromatic N) is 1. The number of H-pyrrole nitrogens is 1. The van der Waals surface area contributed by atoms with E-state index in [-0.39, 0.29) is 24.6 Å². The second-order valence-corrected chi connectivity index (χ2v) is 5.17. The van der Waals surface area contributed by atoms with Crippen LogP contribution in [0.3, 0.4) is 0 Å². The zero-order chi connectivity index (χ0) is 17.0. The lowest BCUT2D eigenvalue weighted by Gasteiger charge is -2.30. The summed E-state index contributed by atoms with van der Waals surface area (Å²) >= 11 is 0. The molecule has 0 fully saturated rings. The number of hydrogen-bond donors (Lipinski definition) is 1. The molecule has 0 saturated heterocycles. The van der Waals surface area contributed by atoms with Crippen molar-refractivity contribution in [2.45, 2.75) is 19.1 Å². The zero-order valence-electron chi connectivity index (χ0n) is 13.4. The van der Waals surface area contributed by atoms with E-state index in [1.165, 1.54) is 32.4 Å². The van der Waals surface area contributed by atoms with Gasteiger partial charge >= 0.3 is 5.97 Å². The summed E-state index contributed by atoms with van der Waals surface area (Å²) in [4.78, 5) is 41.0. The van der Waals surface area contributed by atoms with Gasteiger partial charge in [0.15, 0.2) is 6.10 Å². The van der Waals surface area contributed by atoms with E-state index in [9.17, 15) is 14.4 Å². The molecule has 0 aliphatic carbocycles. The number of esters is 1. The molecule has 0 bridgehead atoms. The number of aromatic nitrogens is 1. The minimum atomic E-state index is -0.718. The Hall–Kier alpha value is -2.19. The second-order valence-electron chi connectivity index (χ2n) is 5.17. The Kier molecular flexibility index (Phi) is 5.51. The first-order chi connectivity index (χ1) is 11.0. The Morgan fingerprint density at radius 3 is 2.70 bits per heavy atom. The minimum absolute atomic E-state index is 0.0688. The highest BCUT2D eigenvalue weighted by Gasteiger charge is 2.29. The van der Waals surface area contributed by atoms with Gasteiger partial charge < -0.3 is 24.1 Å². The Balaban J connectivity index is 2.27. The summed E-state index contributed by atoms with van der Waals surface area (Å²) in [5, 5.41) is 0. The fraction of sp³-hybridized carbons (Fsp3) is 0.533. The molecule has 2 heterocycles. The van der Waals surface area contributed by atoms with Crippen molar-refractivity contribution in [2.75, 3.05) is 34.5 Å². The predicted molar refractivity (Wildman–Crippen MR) is 80.2 cm³/mol. The number of rotatable bonds is 5. The van der Waals surface area contributed by atoms with Gasteiger partial charge in [-0.1, -0.05) is 0 Å². The molecule has 1 atom stereocenters. The number of methoxy groups -OCH3 is 3. The van der Waals surface area contributed by atoms with E-state index in [4.69, 9.17) is 9.47 Å². The van der Waals surface area contributed by atoms with Crippen LogP contribution >= 0.6 is 0 Å². The third-order valence-corrected chi connectivity index (χ3v) is 3.85. The maximum atomic E-state index is 12.4. The molecule has 0 aromatic carbocycles. The van der Waals surface area contributed by atoms with Crippen LogP contribution < -0.4 is 5.43 Å². The Bertz CT molecular complexity index is 654. The van der Waals surface area contributed by atoms with Crippen LogP contribution in [-0.2, 0) is 32.0 Å². The summed E-state index contributed by atoms with van der Waals surface area (Å²) in [5.41, 5.74) is 0.650. The Labute approximate surface area is 133 Å². The van der Waals surface area contributed by atoms with Crippen molar-refractivity contribution in [1.29, 1.82) is 0 Å². The van der Waals surface area contributed by atoms with Gasteiger partial charge in [-0.2, -0.15) is 0 Å². The van der Waals surface area contributed by atoms with Gasteiger partial charge in [0.1, 0.15) is 5.56 Å². The smallest absolute Gasteiger partial charge is 0.343 e. The van der Waals surface area contributed by atoms with E-state index in [0.29, 0.717) is 18.5 Å². The second kappa shape index (κ2) is 7.38. The fourth-order valence-corrected chi connectivity index (χ4v) is 2.56. The lowest BCUT2D eigenvalue weighted by atomic mass is 10.0. The third-order valence-electron chi connectivity index (χ3n) is 3.85. The number of carbonyl (C=O) groups is 2. The van der Waals surface area contributed by atoms with Crippen molar-refractivity contribution in [1.82, 2.24) is 9.88 Å². The molecule has 1 aliphatic rings. The summed E-state index contributed by atoms with van der Waals surface area (Å²) < 4.78 is 14.7. The highest BCUT2D eigenvalue weighted by atomic mass is 16.5. The van der Waals surface area contributed by atoms with Crippen molar-refractivity contribution >= 4 is 11.9 Å². The standard InChI is InChI=1S/C15H20N2O6/c1-21-8-12(22-2)14(19)17-5-4-11-10(7-17)13(18)9(6-16-11)15(20)23-3/h6,12H,4-5,7-8H2,1-3H3,(H,16,18). The van der Waals surface area contributed by atoms with Crippen LogP contribution in [0.5, 0.6) is 0 Å². The molecule has 126 valence electrons. The molecule has 23 heavy (non-hydrogen) atoms. The van der Waals surface area contributed by atoms with Crippen LogP contribution in [0.15, 0.2) is 11.0 Å².